The van der Waals surface area contributed by atoms with Crippen LogP contribution in [0.1, 0.15) is 67.6 Å². The molecule has 37 heavy (non-hydrogen) atoms. The number of fused-ring (bicyclic) bond motifs is 1. The normalized spacial score (nSPS) is 15.2. The maximum Gasteiger partial charge on any atom is 0.254 e. The monoisotopic (exact) mass is 497 g/mol. The van der Waals surface area contributed by atoms with E-state index in [4.69, 9.17) is 9.47 Å². The number of carbonyl (C=O) groups excluding carboxylic acids is 2. The Labute approximate surface area is 219 Å². The van der Waals surface area contributed by atoms with Gasteiger partial charge in [0.05, 0.1) is 5.41 Å². The molecular weight excluding hydrogens is 462 g/mol. The maximum atomic E-state index is 13.5. The van der Waals surface area contributed by atoms with Crippen molar-refractivity contribution >= 4 is 11.7 Å². The zero-order chi connectivity index (χ0) is 26.3. The van der Waals surface area contributed by atoms with Crippen LogP contribution in [0, 0.1) is 6.92 Å². The predicted octanol–water partition coefficient (Wildman–Crippen LogP) is 6.49. The highest BCUT2D eigenvalue weighted by Crippen LogP contribution is 2.51. The minimum atomic E-state index is -0.424. The summed E-state index contributed by atoms with van der Waals surface area (Å²) in [6.45, 7) is 10.5. The first-order valence-corrected chi connectivity index (χ1v) is 13.2. The molecule has 5 heteroatoms. The number of carbonyl (C=O) groups is 2. The number of hydrogen-bond acceptors (Lipinski definition) is 4. The number of rotatable bonds is 8. The van der Waals surface area contributed by atoms with Crippen molar-refractivity contribution in [3.05, 3.63) is 82.9 Å². The van der Waals surface area contributed by atoms with Gasteiger partial charge in [-0.1, -0.05) is 36.4 Å². The van der Waals surface area contributed by atoms with Crippen LogP contribution >= 0.6 is 0 Å². The molecule has 1 aliphatic heterocycles. The summed E-state index contributed by atoms with van der Waals surface area (Å²) in [7, 11) is 0. The van der Waals surface area contributed by atoms with Crippen LogP contribution < -0.4 is 9.47 Å². The van der Waals surface area contributed by atoms with Gasteiger partial charge in [0.1, 0.15) is 5.78 Å². The van der Waals surface area contributed by atoms with Gasteiger partial charge in [0, 0.05) is 24.1 Å². The lowest BCUT2D eigenvalue weighted by molar-refractivity contribution is -0.120. The molecule has 0 atom stereocenters. The fourth-order valence-corrected chi connectivity index (χ4v) is 5.50. The van der Waals surface area contributed by atoms with E-state index in [2.05, 4.69) is 19.1 Å². The van der Waals surface area contributed by atoms with Gasteiger partial charge in [0.25, 0.3) is 5.91 Å². The molecule has 192 valence electrons. The first kappa shape index (κ1) is 25.1. The van der Waals surface area contributed by atoms with Crippen molar-refractivity contribution in [3.63, 3.8) is 0 Å². The van der Waals surface area contributed by atoms with Crippen molar-refractivity contribution in [2.75, 3.05) is 6.79 Å². The lowest BCUT2D eigenvalue weighted by Crippen LogP contribution is -2.42. The van der Waals surface area contributed by atoms with Crippen molar-refractivity contribution < 1.29 is 19.1 Å². The highest BCUT2D eigenvalue weighted by molar-refractivity contribution is 5.96. The van der Waals surface area contributed by atoms with Gasteiger partial charge < -0.3 is 14.4 Å². The third kappa shape index (κ3) is 4.75. The van der Waals surface area contributed by atoms with Crippen molar-refractivity contribution in [2.45, 2.75) is 71.4 Å². The number of hydrogen-bond donors (Lipinski definition) is 0. The molecule has 0 unspecified atom stereocenters. The van der Waals surface area contributed by atoms with Gasteiger partial charge in [-0.05, 0) is 99.5 Å². The Balaban J connectivity index is 1.35. The summed E-state index contributed by atoms with van der Waals surface area (Å²) in [5, 5.41) is 0. The molecule has 0 N–H and O–H groups in total. The first-order chi connectivity index (χ1) is 17.7. The molecule has 0 bridgehead atoms. The largest absolute Gasteiger partial charge is 0.454 e. The van der Waals surface area contributed by atoms with E-state index in [1.165, 1.54) is 0 Å². The summed E-state index contributed by atoms with van der Waals surface area (Å²) in [6.07, 6.45) is 2.11. The van der Waals surface area contributed by atoms with E-state index >= 15 is 0 Å². The number of nitrogens with zero attached hydrogens (tertiary/aromatic N) is 1. The first-order valence-electron chi connectivity index (χ1n) is 13.2. The smallest absolute Gasteiger partial charge is 0.254 e. The Bertz CT molecular complexity index is 1330. The zero-order valence-corrected chi connectivity index (χ0v) is 22.3. The van der Waals surface area contributed by atoms with E-state index in [1.54, 1.807) is 0 Å². The molecule has 3 aromatic rings. The fourth-order valence-electron chi connectivity index (χ4n) is 5.50. The molecule has 1 amide bonds. The Morgan fingerprint density at radius 3 is 2.19 bits per heavy atom. The molecule has 1 heterocycles. The maximum absolute atomic E-state index is 13.5. The number of aryl methyl sites for hydroxylation is 1. The molecule has 1 saturated carbocycles. The topological polar surface area (TPSA) is 55.8 Å². The third-order valence-electron chi connectivity index (χ3n) is 7.67. The molecule has 5 rings (SSSR count). The Morgan fingerprint density at radius 2 is 1.54 bits per heavy atom. The van der Waals surface area contributed by atoms with E-state index in [-0.39, 0.29) is 30.6 Å². The van der Waals surface area contributed by atoms with E-state index in [1.807, 2.05) is 81.1 Å². The summed E-state index contributed by atoms with van der Waals surface area (Å²) in [5.41, 5.74) is 5.55. The average molecular weight is 498 g/mol. The minimum absolute atomic E-state index is 0.0471. The van der Waals surface area contributed by atoms with Gasteiger partial charge in [0.2, 0.25) is 6.79 Å². The Morgan fingerprint density at radius 1 is 0.865 bits per heavy atom. The van der Waals surface area contributed by atoms with E-state index < -0.39 is 5.41 Å². The second-order valence-corrected chi connectivity index (χ2v) is 10.9. The molecule has 0 spiro atoms. The fraction of sp³-hybridized carbons (Fsp3) is 0.375. The van der Waals surface area contributed by atoms with Crippen molar-refractivity contribution in [2.24, 2.45) is 0 Å². The van der Waals surface area contributed by atoms with E-state index in [0.29, 0.717) is 12.0 Å². The zero-order valence-electron chi connectivity index (χ0n) is 22.3. The van der Waals surface area contributed by atoms with E-state index in [9.17, 15) is 9.59 Å². The van der Waals surface area contributed by atoms with Crippen LogP contribution in [0.25, 0.3) is 11.1 Å². The number of Topliss-reactive ketones (excluding diaryl/α,β-unsaturated/α-hetero) is 1. The summed E-state index contributed by atoms with van der Waals surface area (Å²) in [4.78, 5) is 28.5. The highest BCUT2D eigenvalue weighted by atomic mass is 16.7. The molecule has 1 aliphatic carbocycles. The molecule has 5 nitrogen and oxygen atoms in total. The van der Waals surface area contributed by atoms with E-state index in [0.717, 1.165) is 52.2 Å². The summed E-state index contributed by atoms with van der Waals surface area (Å²) in [5.74, 6) is 1.75. The summed E-state index contributed by atoms with van der Waals surface area (Å²) >= 11 is 0. The predicted molar refractivity (Wildman–Crippen MR) is 145 cm³/mol. The Hall–Kier alpha value is -3.60. The van der Waals surface area contributed by atoms with Crippen LogP contribution in [0.3, 0.4) is 0 Å². The lowest BCUT2D eigenvalue weighted by Gasteiger charge is -2.30. The second kappa shape index (κ2) is 9.70. The van der Waals surface area contributed by atoms with Crippen LogP contribution in [-0.4, -0.2) is 35.5 Å². The van der Waals surface area contributed by atoms with Gasteiger partial charge >= 0.3 is 0 Å². The standard InChI is InChI=1S/C32H35NO4/c1-20(2)33(21(3)4)31(35)25-10-8-24(9-11-25)27-16-23(7-6-22(27)5)17-30(34)32(14-15-32)26-12-13-28-29(18-26)37-19-36-28/h6-13,16,18,20-21H,14-15,17,19H2,1-5H3. The summed E-state index contributed by atoms with van der Waals surface area (Å²) in [6, 6.07) is 20.2. The Kier molecular flexibility index (Phi) is 6.57. The molecule has 2 aliphatic rings. The molecule has 1 fully saturated rings. The highest BCUT2D eigenvalue weighted by Gasteiger charge is 2.50. The second-order valence-electron chi connectivity index (χ2n) is 10.9. The van der Waals surface area contributed by atoms with Gasteiger partial charge in [-0.25, -0.2) is 0 Å². The molecule has 0 radical (unpaired) electrons. The third-order valence-corrected chi connectivity index (χ3v) is 7.67. The van der Waals surface area contributed by atoms with Crippen LogP contribution in [0.5, 0.6) is 11.5 Å². The molecular formula is C32H35NO4. The lowest BCUT2D eigenvalue weighted by atomic mass is 9.87. The van der Waals surface area contributed by atoms with Gasteiger partial charge in [-0.3, -0.25) is 9.59 Å². The van der Waals surface area contributed by atoms with Crippen LogP contribution in [0.15, 0.2) is 60.7 Å². The van der Waals surface area contributed by atoms with Gasteiger partial charge in [0.15, 0.2) is 11.5 Å². The number of amides is 1. The SMILES string of the molecule is Cc1ccc(CC(=O)C2(c3ccc4c(c3)OCO4)CC2)cc1-c1ccc(C(=O)N(C(C)C)C(C)C)cc1. The number of ketones is 1. The molecule has 0 saturated heterocycles. The van der Waals surface area contributed by atoms with Crippen LogP contribution in [0.2, 0.25) is 0 Å². The molecule has 0 aromatic heterocycles. The molecule has 3 aromatic carbocycles. The number of ether oxygens (including phenoxy) is 2. The number of benzene rings is 3. The van der Waals surface area contributed by atoms with Crippen molar-refractivity contribution in [3.8, 4) is 22.6 Å². The average Bonchev–Trinajstić information content (AvgIpc) is 3.55. The van der Waals surface area contributed by atoms with Crippen molar-refractivity contribution in [1.82, 2.24) is 4.90 Å². The quantitative estimate of drug-likeness (QED) is 0.357. The summed E-state index contributed by atoms with van der Waals surface area (Å²) < 4.78 is 11.0. The van der Waals surface area contributed by atoms with Gasteiger partial charge in [-0.15, -0.1) is 0 Å². The van der Waals surface area contributed by atoms with Crippen molar-refractivity contribution in [1.29, 1.82) is 0 Å². The van der Waals surface area contributed by atoms with Crippen LogP contribution in [-0.2, 0) is 16.6 Å². The minimum Gasteiger partial charge on any atom is -0.454 e. The van der Waals surface area contributed by atoms with Crippen LogP contribution in [0.4, 0.5) is 0 Å². The van der Waals surface area contributed by atoms with Gasteiger partial charge in [-0.2, -0.15) is 0 Å².